The molecule has 1 aliphatic carbocycles. The lowest BCUT2D eigenvalue weighted by Gasteiger charge is -2.32. The second-order valence-electron chi connectivity index (χ2n) is 7.28. The minimum Gasteiger partial charge on any atom is -0.484 e. The van der Waals surface area contributed by atoms with Crippen LogP contribution in [-0.2, 0) is 9.59 Å². The smallest absolute Gasteiger partial charge is 0.260 e. The normalized spacial score (nSPS) is 17.4. The molecule has 1 N–H and O–H groups in total. The molecule has 1 saturated carbocycles. The van der Waals surface area contributed by atoms with E-state index in [1.54, 1.807) is 30.5 Å². The molecule has 2 aliphatic rings. The van der Waals surface area contributed by atoms with Crippen LogP contribution in [0.15, 0.2) is 36.5 Å². The number of anilines is 1. The summed E-state index contributed by atoms with van der Waals surface area (Å²) in [6.45, 7) is 1.30. The topological polar surface area (TPSA) is 76.5 Å². The van der Waals surface area contributed by atoms with Gasteiger partial charge in [0.25, 0.3) is 5.91 Å². The Bertz CT molecular complexity index is 839. The number of piperidine rings is 1. The Labute approximate surface area is 168 Å². The third-order valence-electron chi connectivity index (χ3n) is 5.21. The van der Waals surface area contributed by atoms with Crippen LogP contribution in [0.1, 0.15) is 31.7 Å². The fraction of sp³-hybridized carbons (Fsp3) is 0.450. The van der Waals surface area contributed by atoms with Gasteiger partial charge < -0.3 is 15.0 Å². The summed E-state index contributed by atoms with van der Waals surface area (Å²) in [5, 5.41) is 8.00. The van der Waals surface area contributed by atoms with Crippen molar-refractivity contribution in [2.75, 3.05) is 25.0 Å². The number of carbonyl (C=O) groups excluding carboxylic acids is 2. The molecule has 0 bridgehead atoms. The SMILES string of the molecule is O=C(Nc1ccnn1C1CCN(C(=O)COc2ccc(Cl)cc2)CC1)C1CC1. The Balaban J connectivity index is 1.27. The van der Waals surface area contributed by atoms with Crippen LogP contribution in [0.4, 0.5) is 5.82 Å². The number of aromatic nitrogens is 2. The number of likely N-dealkylation sites (tertiary alicyclic amines) is 1. The van der Waals surface area contributed by atoms with Crippen molar-refractivity contribution in [2.45, 2.75) is 31.7 Å². The number of rotatable bonds is 6. The maximum atomic E-state index is 12.4. The number of hydrogen-bond acceptors (Lipinski definition) is 4. The molecule has 7 nitrogen and oxygen atoms in total. The summed E-state index contributed by atoms with van der Waals surface area (Å²) >= 11 is 5.85. The zero-order chi connectivity index (χ0) is 19.5. The highest BCUT2D eigenvalue weighted by atomic mass is 35.5. The van der Waals surface area contributed by atoms with Gasteiger partial charge in [0.2, 0.25) is 5.91 Å². The van der Waals surface area contributed by atoms with Crippen molar-refractivity contribution in [3.63, 3.8) is 0 Å². The second kappa shape index (κ2) is 8.22. The monoisotopic (exact) mass is 402 g/mol. The highest BCUT2D eigenvalue weighted by Crippen LogP contribution is 2.31. The first kappa shape index (κ1) is 18.8. The van der Waals surface area contributed by atoms with E-state index >= 15 is 0 Å². The molecule has 2 fully saturated rings. The van der Waals surface area contributed by atoms with Gasteiger partial charge >= 0.3 is 0 Å². The first-order chi connectivity index (χ1) is 13.6. The number of ether oxygens (including phenoxy) is 1. The predicted molar refractivity (Wildman–Crippen MR) is 105 cm³/mol. The van der Waals surface area contributed by atoms with E-state index in [9.17, 15) is 9.59 Å². The van der Waals surface area contributed by atoms with Crippen LogP contribution >= 0.6 is 11.6 Å². The molecule has 2 aromatic rings. The molecule has 0 atom stereocenters. The predicted octanol–water partition coefficient (Wildman–Crippen LogP) is 3.13. The highest BCUT2D eigenvalue weighted by molar-refractivity contribution is 6.30. The van der Waals surface area contributed by atoms with Gasteiger partial charge in [-0.3, -0.25) is 9.59 Å². The quantitative estimate of drug-likeness (QED) is 0.805. The zero-order valence-electron chi connectivity index (χ0n) is 15.5. The van der Waals surface area contributed by atoms with Crippen LogP contribution in [0.3, 0.4) is 0 Å². The van der Waals surface area contributed by atoms with Crippen LogP contribution in [-0.4, -0.2) is 46.2 Å². The molecular weight excluding hydrogens is 380 g/mol. The molecule has 148 valence electrons. The summed E-state index contributed by atoms with van der Waals surface area (Å²) in [6, 6.07) is 8.96. The van der Waals surface area contributed by atoms with Gasteiger partial charge in [0.05, 0.1) is 12.2 Å². The third kappa shape index (κ3) is 4.47. The van der Waals surface area contributed by atoms with Gasteiger partial charge in [0.15, 0.2) is 6.61 Å². The van der Waals surface area contributed by atoms with Gasteiger partial charge in [-0.25, -0.2) is 4.68 Å². The molecule has 28 heavy (non-hydrogen) atoms. The molecule has 0 spiro atoms. The maximum absolute atomic E-state index is 12.4. The molecule has 1 saturated heterocycles. The molecule has 1 aromatic carbocycles. The van der Waals surface area contributed by atoms with E-state index in [4.69, 9.17) is 16.3 Å². The minimum atomic E-state index is -0.0314. The number of nitrogens with one attached hydrogen (secondary N) is 1. The van der Waals surface area contributed by atoms with Gasteiger partial charge in [-0.05, 0) is 49.9 Å². The molecular formula is C20H23ClN4O3. The van der Waals surface area contributed by atoms with E-state index < -0.39 is 0 Å². The van der Waals surface area contributed by atoms with Crippen molar-refractivity contribution in [3.8, 4) is 5.75 Å². The van der Waals surface area contributed by atoms with E-state index in [1.165, 1.54) is 0 Å². The van der Waals surface area contributed by atoms with Crippen molar-refractivity contribution in [3.05, 3.63) is 41.6 Å². The van der Waals surface area contributed by atoms with Crippen LogP contribution in [0, 0.1) is 5.92 Å². The molecule has 2 heterocycles. The van der Waals surface area contributed by atoms with E-state index in [2.05, 4.69) is 10.4 Å². The molecule has 8 heteroatoms. The average Bonchev–Trinajstić information content (AvgIpc) is 3.47. The summed E-state index contributed by atoms with van der Waals surface area (Å²) in [4.78, 5) is 26.3. The van der Waals surface area contributed by atoms with Gasteiger partial charge in [0, 0.05) is 30.1 Å². The van der Waals surface area contributed by atoms with Crippen LogP contribution in [0.2, 0.25) is 5.02 Å². The van der Waals surface area contributed by atoms with E-state index in [0.717, 1.165) is 31.5 Å². The third-order valence-corrected chi connectivity index (χ3v) is 5.46. The van der Waals surface area contributed by atoms with Crippen LogP contribution < -0.4 is 10.1 Å². The van der Waals surface area contributed by atoms with E-state index in [1.807, 2.05) is 15.6 Å². The maximum Gasteiger partial charge on any atom is 0.260 e. The van der Waals surface area contributed by atoms with E-state index in [-0.39, 0.29) is 30.4 Å². The first-order valence-corrected chi connectivity index (χ1v) is 9.98. The fourth-order valence-corrected chi connectivity index (χ4v) is 3.53. The molecule has 1 aliphatic heterocycles. The number of amides is 2. The van der Waals surface area contributed by atoms with Gasteiger partial charge in [-0.1, -0.05) is 11.6 Å². The summed E-state index contributed by atoms with van der Waals surface area (Å²) in [7, 11) is 0. The second-order valence-corrected chi connectivity index (χ2v) is 7.72. The Kier molecular flexibility index (Phi) is 5.52. The van der Waals surface area contributed by atoms with Crippen molar-refractivity contribution >= 4 is 29.2 Å². The summed E-state index contributed by atoms with van der Waals surface area (Å²) in [5.41, 5.74) is 0. The zero-order valence-corrected chi connectivity index (χ0v) is 16.3. The number of carbonyl (C=O) groups is 2. The fourth-order valence-electron chi connectivity index (χ4n) is 3.41. The van der Waals surface area contributed by atoms with Crippen molar-refractivity contribution in [2.24, 2.45) is 5.92 Å². The number of nitrogens with zero attached hydrogens (tertiary/aromatic N) is 3. The largest absolute Gasteiger partial charge is 0.484 e. The summed E-state index contributed by atoms with van der Waals surface area (Å²) in [5.74, 6) is 1.57. The lowest BCUT2D eigenvalue weighted by molar-refractivity contribution is -0.134. The highest BCUT2D eigenvalue weighted by Gasteiger charge is 2.31. The molecule has 1 aromatic heterocycles. The number of halogens is 1. The Morgan fingerprint density at radius 2 is 1.82 bits per heavy atom. The van der Waals surface area contributed by atoms with Crippen molar-refractivity contribution in [1.29, 1.82) is 0 Å². The lowest BCUT2D eigenvalue weighted by atomic mass is 10.1. The molecule has 2 amide bonds. The minimum absolute atomic E-state index is 0.0107. The number of hydrogen-bond donors (Lipinski definition) is 1. The van der Waals surface area contributed by atoms with Gasteiger partial charge in [0.1, 0.15) is 11.6 Å². The van der Waals surface area contributed by atoms with Crippen LogP contribution in [0.5, 0.6) is 5.75 Å². The van der Waals surface area contributed by atoms with Crippen molar-refractivity contribution < 1.29 is 14.3 Å². The van der Waals surface area contributed by atoms with Crippen molar-refractivity contribution in [1.82, 2.24) is 14.7 Å². The van der Waals surface area contributed by atoms with Gasteiger partial charge in [-0.2, -0.15) is 5.10 Å². The average molecular weight is 403 g/mol. The van der Waals surface area contributed by atoms with Gasteiger partial charge in [-0.15, -0.1) is 0 Å². The molecule has 0 unspecified atom stereocenters. The standard InChI is InChI=1S/C20H23ClN4O3/c21-15-3-5-17(6-4-15)28-13-19(26)24-11-8-16(9-12-24)25-18(7-10-22-25)23-20(27)14-1-2-14/h3-7,10,14,16H,1-2,8-9,11-13H2,(H,23,27). The first-order valence-electron chi connectivity index (χ1n) is 9.60. The van der Waals surface area contributed by atoms with Crippen LogP contribution in [0.25, 0.3) is 0 Å². The molecule has 0 radical (unpaired) electrons. The summed E-state index contributed by atoms with van der Waals surface area (Å²) in [6.07, 6.45) is 5.23. The summed E-state index contributed by atoms with van der Waals surface area (Å²) < 4.78 is 7.43. The Hall–Kier alpha value is -2.54. The Morgan fingerprint density at radius 3 is 2.50 bits per heavy atom. The van der Waals surface area contributed by atoms with E-state index in [0.29, 0.717) is 23.9 Å². The Morgan fingerprint density at radius 1 is 1.11 bits per heavy atom. The lowest BCUT2D eigenvalue weighted by Crippen LogP contribution is -2.41. The number of benzene rings is 1. The molecule has 4 rings (SSSR count).